The summed E-state index contributed by atoms with van der Waals surface area (Å²) in [6.07, 6.45) is -0.883. The van der Waals surface area contributed by atoms with E-state index in [0.717, 1.165) is 4.88 Å². The summed E-state index contributed by atoms with van der Waals surface area (Å²) in [6, 6.07) is 3.77. The zero-order valence-corrected chi connectivity index (χ0v) is 12.4. The standard InChI is InChI=1S/C14H16N2O4S/c1-9(17)13-11(14(18)16-4-6-19-7-5-16)12(15-20-13)10-3-2-8-21-10/h2-3,8-9,17H,4-7H2,1H3/t9-/m0/s1. The van der Waals surface area contributed by atoms with E-state index in [1.165, 1.54) is 11.3 Å². The lowest BCUT2D eigenvalue weighted by atomic mass is 10.1. The van der Waals surface area contributed by atoms with Crippen molar-refractivity contribution >= 4 is 17.2 Å². The highest BCUT2D eigenvalue weighted by Crippen LogP contribution is 2.32. The molecular weight excluding hydrogens is 292 g/mol. The van der Waals surface area contributed by atoms with Gasteiger partial charge in [0.1, 0.15) is 17.4 Å². The van der Waals surface area contributed by atoms with E-state index in [1.807, 2.05) is 17.5 Å². The number of rotatable bonds is 3. The minimum absolute atomic E-state index is 0.168. The average molecular weight is 308 g/mol. The molecule has 0 unspecified atom stereocenters. The van der Waals surface area contributed by atoms with Gasteiger partial charge in [0.25, 0.3) is 5.91 Å². The summed E-state index contributed by atoms with van der Waals surface area (Å²) < 4.78 is 10.5. The number of hydrogen-bond acceptors (Lipinski definition) is 6. The minimum atomic E-state index is -0.883. The van der Waals surface area contributed by atoms with Gasteiger partial charge in [-0.3, -0.25) is 4.79 Å². The number of morpholine rings is 1. The minimum Gasteiger partial charge on any atom is -0.385 e. The van der Waals surface area contributed by atoms with E-state index in [0.29, 0.717) is 37.6 Å². The Hall–Kier alpha value is -1.70. The molecule has 0 radical (unpaired) electrons. The van der Waals surface area contributed by atoms with E-state index in [9.17, 15) is 9.90 Å². The summed E-state index contributed by atoms with van der Waals surface area (Å²) in [5.41, 5.74) is 0.853. The number of amides is 1. The number of ether oxygens (including phenoxy) is 1. The van der Waals surface area contributed by atoms with E-state index in [-0.39, 0.29) is 11.7 Å². The predicted octanol–water partition coefficient (Wildman–Crippen LogP) is 1.93. The Kier molecular flexibility index (Phi) is 4.05. The molecule has 1 fully saturated rings. The highest BCUT2D eigenvalue weighted by Gasteiger charge is 2.30. The fraction of sp³-hybridized carbons (Fsp3) is 0.429. The van der Waals surface area contributed by atoms with E-state index >= 15 is 0 Å². The first-order chi connectivity index (χ1) is 10.2. The maximum absolute atomic E-state index is 12.8. The van der Waals surface area contributed by atoms with Gasteiger partial charge in [-0.2, -0.15) is 0 Å². The third-order valence-electron chi connectivity index (χ3n) is 3.36. The largest absolute Gasteiger partial charge is 0.385 e. The molecule has 0 bridgehead atoms. The van der Waals surface area contributed by atoms with Crippen molar-refractivity contribution in [2.24, 2.45) is 0 Å². The molecule has 2 aromatic heterocycles. The van der Waals surface area contributed by atoms with Gasteiger partial charge in [-0.05, 0) is 18.4 Å². The third-order valence-corrected chi connectivity index (χ3v) is 4.24. The Balaban J connectivity index is 2.01. The number of hydrogen-bond donors (Lipinski definition) is 1. The molecule has 0 aromatic carbocycles. The van der Waals surface area contributed by atoms with Crippen LogP contribution in [-0.4, -0.2) is 47.4 Å². The number of nitrogens with zero attached hydrogens (tertiary/aromatic N) is 2. The van der Waals surface area contributed by atoms with Gasteiger partial charge in [0.05, 0.1) is 18.1 Å². The fourth-order valence-electron chi connectivity index (χ4n) is 2.30. The number of aliphatic hydroxyl groups excluding tert-OH is 1. The van der Waals surface area contributed by atoms with Gasteiger partial charge in [-0.15, -0.1) is 11.3 Å². The number of aromatic nitrogens is 1. The summed E-state index contributed by atoms with van der Waals surface area (Å²) in [7, 11) is 0. The van der Waals surface area contributed by atoms with Crippen LogP contribution in [0, 0.1) is 0 Å². The normalized spacial score (nSPS) is 17.0. The number of carbonyl (C=O) groups is 1. The van der Waals surface area contributed by atoms with Crippen LogP contribution in [-0.2, 0) is 4.74 Å². The number of carbonyl (C=O) groups excluding carboxylic acids is 1. The Morgan fingerprint density at radius 3 is 2.86 bits per heavy atom. The molecule has 0 saturated carbocycles. The SMILES string of the molecule is C[C@H](O)c1onc(-c2cccs2)c1C(=O)N1CCOCC1. The van der Waals surface area contributed by atoms with Crippen molar-refractivity contribution in [1.29, 1.82) is 0 Å². The molecule has 1 aliphatic heterocycles. The van der Waals surface area contributed by atoms with E-state index < -0.39 is 6.10 Å². The molecule has 1 amide bonds. The molecule has 0 spiro atoms. The van der Waals surface area contributed by atoms with Crippen LogP contribution in [0.25, 0.3) is 10.6 Å². The molecule has 0 aliphatic carbocycles. The monoisotopic (exact) mass is 308 g/mol. The molecule has 7 heteroatoms. The highest BCUT2D eigenvalue weighted by atomic mass is 32.1. The van der Waals surface area contributed by atoms with Crippen molar-refractivity contribution in [2.45, 2.75) is 13.0 Å². The molecule has 1 saturated heterocycles. The Labute approximate surface area is 125 Å². The maximum atomic E-state index is 12.8. The van der Waals surface area contributed by atoms with Gasteiger partial charge in [-0.1, -0.05) is 11.2 Å². The number of aliphatic hydroxyl groups is 1. The van der Waals surface area contributed by atoms with Gasteiger partial charge >= 0.3 is 0 Å². The van der Waals surface area contributed by atoms with Gasteiger partial charge in [-0.25, -0.2) is 0 Å². The van der Waals surface area contributed by atoms with Gasteiger partial charge in [0.15, 0.2) is 5.76 Å². The lowest BCUT2D eigenvalue weighted by Crippen LogP contribution is -2.41. The fourth-order valence-corrected chi connectivity index (χ4v) is 3.01. The van der Waals surface area contributed by atoms with E-state index in [2.05, 4.69) is 5.16 Å². The molecule has 2 aromatic rings. The second-order valence-electron chi connectivity index (χ2n) is 4.83. The molecular formula is C14H16N2O4S. The van der Waals surface area contributed by atoms with Crippen molar-refractivity contribution in [3.05, 3.63) is 28.8 Å². The first-order valence-corrected chi connectivity index (χ1v) is 7.65. The molecule has 21 heavy (non-hydrogen) atoms. The summed E-state index contributed by atoms with van der Waals surface area (Å²) >= 11 is 1.48. The number of thiophene rings is 1. The molecule has 1 N–H and O–H groups in total. The quantitative estimate of drug-likeness (QED) is 0.937. The molecule has 1 aliphatic rings. The van der Waals surface area contributed by atoms with Crippen LogP contribution in [0.3, 0.4) is 0 Å². The van der Waals surface area contributed by atoms with Crippen molar-refractivity contribution in [3.8, 4) is 10.6 Å². The summed E-state index contributed by atoms with van der Waals surface area (Å²) in [4.78, 5) is 15.3. The Bertz CT molecular complexity index is 615. The average Bonchev–Trinajstić information content (AvgIpc) is 3.16. The second kappa shape index (κ2) is 5.97. The Morgan fingerprint density at radius 2 is 2.24 bits per heavy atom. The van der Waals surface area contributed by atoms with Crippen molar-refractivity contribution in [2.75, 3.05) is 26.3 Å². The smallest absolute Gasteiger partial charge is 0.260 e. The molecule has 1 atom stereocenters. The van der Waals surface area contributed by atoms with E-state index in [1.54, 1.807) is 11.8 Å². The zero-order chi connectivity index (χ0) is 14.8. The second-order valence-corrected chi connectivity index (χ2v) is 5.78. The highest BCUT2D eigenvalue weighted by molar-refractivity contribution is 7.13. The van der Waals surface area contributed by atoms with Gasteiger partial charge in [0, 0.05) is 13.1 Å². The maximum Gasteiger partial charge on any atom is 0.260 e. The van der Waals surface area contributed by atoms with Crippen LogP contribution in [0.4, 0.5) is 0 Å². The van der Waals surface area contributed by atoms with Crippen molar-refractivity contribution < 1.29 is 19.2 Å². The topological polar surface area (TPSA) is 75.8 Å². The summed E-state index contributed by atoms with van der Waals surface area (Å²) in [5, 5.41) is 15.7. The van der Waals surface area contributed by atoms with Crippen LogP contribution in [0.15, 0.2) is 22.0 Å². The molecule has 3 rings (SSSR count). The summed E-state index contributed by atoms with van der Waals surface area (Å²) in [6.45, 7) is 3.68. The van der Waals surface area contributed by atoms with Crippen LogP contribution in [0.5, 0.6) is 0 Å². The summed E-state index contributed by atoms with van der Waals surface area (Å²) in [5.74, 6) is 0.0498. The van der Waals surface area contributed by atoms with Crippen LogP contribution >= 0.6 is 11.3 Å². The van der Waals surface area contributed by atoms with Crippen LogP contribution in [0.1, 0.15) is 29.1 Å². The van der Waals surface area contributed by atoms with Crippen LogP contribution < -0.4 is 0 Å². The van der Waals surface area contributed by atoms with E-state index in [4.69, 9.17) is 9.26 Å². The lowest BCUT2D eigenvalue weighted by Gasteiger charge is -2.27. The molecule has 112 valence electrons. The third kappa shape index (κ3) is 2.72. The first kappa shape index (κ1) is 14.2. The Morgan fingerprint density at radius 1 is 1.48 bits per heavy atom. The van der Waals surface area contributed by atoms with Gasteiger partial charge in [0.2, 0.25) is 0 Å². The van der Waals surface area contributed by atoms with Crippen LogP contribution in [0.2, 0.25) is 0 Å². The van der Waals surface area contributed by atoms with Gasteiger partial charge < -0.3 is 19.3 Å². The first-order valence-electron chi connectivity index (χ1n) is 6.77. The van der Waals surface area contributed by atoms with Crippen molar-refractivity contribution in [3.63, 3.8) is 0 Å². The lowest BCUT2D eigenvalue weighted by molar-refractivity contribution is 0.0298. The predicted molar refractivity (Wildman–Crippen MR) is 77.2 cm³/mol. The zero-order valence-electron chi connectivity index (χ0n) is 11.6. The van der Waals surface area contributed by atoms with Crippen molar-refractivity contribution in [1.82, 2.24) is 10.1 Å². The molecule has 3 heterocycles. The molecule has 6 nitrogen and oxygen atoms in total.